The van der Waals surface area contributed by atoms with Gasteiger partial charge in [0.15, 0.2) is 0 Å². The van der Waals surface area contributed by atoms with Crippen LogP contribution >= 0.6 is 0 Å². The van der Waals surface area contributed by atoms with Crippen LogP contribution in [0.5, 0.6) is 0 Å². The number of furan rings is 1. The van der Waals surface area contributed by atoms with Crippen molar-refractivity contribution in [2.24, 2.45) is 0 Å². The summed E-state index contributed by atoms with van der Waals surface area (Å²) < 4.78 is 15.5. The van der Waals surface area contributed by atoms with Crippen LogP contribution in [0.2, 0.25) is 0 Å². The molecule has 3 heteroatoms. The summed E-state index contributed by atoms with van der Waals surface area (Å²) in [5.74, 6) is 1.31. The van der Waals surface area contributed by atoms with Crippen molar-refractivity contribution in [3.63, 3.8) is 0 Å². The fourth-order valence-electron chi connectivity index (χ4n) is 0.595. The first kappa shape index (κ1) is 6.55. The molecule has 0 saturated heterocycles. The van der Waals surface area contributed by atoms with Crippen molar-refractivity contribution in [1.29, 1.82) is 0 Å². The molecular weight excluding hydrogens is 136 g/mol. The summed E-state index contributed by atoms with van der Waals surface area (Å²) in [4.78, 5) is 0. The number of hydrogen-bond donors (Lipinski definition) is 0. The monoisotopic (exact) mass is 144 g/mol. The average Bonchev–Trinajstić information content (AvgIpc) is 2.15. The molecule has 1 heterocycles. The van der Waals surface area contributed by atoms with Crippen LogP contribution < -0.4 is 0 Å². The van der Waals surface area contributed by atoms with E-state index in [0.29, 0.717) is 5.75 Å². The predicted octanol–water partition coefficient (Wildman–Crippen LogP) is 1.16. The van der Waals surface area contributed by atoms with E-state index in [-0.39, 0.29) is 0 Å². The normalized spacial score (nSPS) is 13.4. The van der Waals surface area contributed by atoms with Gasteiger partial charge in [0.2, 0.25) is 0 Å². The zero-order valence-electron chi connectivity index (χ0n) is 5.16. The van der Waals surface area contributed by atoms with E-state index >= 15 is 0 Å². The Morgan fingerprint density at radius 2 is 2.56 bits per heavy atom. The van der Waals surface area contributed by atoms with Gasteiger partial charge in [-0.3, -0.25) is 4.21 Å². The zero-order valence-corrected chi connectivity index (χ0v) is 5.98. The molecule has 50 valence electrons. The molecule has 0 N–H and O–H groups in total. The van der Waals surface area contributed by atoms with Gasteiger partial charge in [-0.25, -0.2) is 0 Å². The first-order valence-corrected chi connectivity index (χ1v) is 4.34. The van der Waals surface area contributed by atoms with Gasteiger partial charge in [0.1, 0.15) is 5.76 Å². The second kappa shape index (κ2) is 2.82. The fourth-order valence-corrected chi connectivity index (χ4v) is 1.16. The van der Waals surface area contributed by atoms with Gasteiger partial charge in [0.05, 0.1) is 12.0 Å². The van der Waals surface area contributed by atoms with Crippen LogP contribution in [0, 0.1) is 0 Å². The largest absolute Gasteiger partial charge is 0.468 e. The van der Waals surface area contributed by atoms with Crippen LogP contribution in [0.25, 0.3) is 0 Å². The van der Waals surface area contributed by atoms with Crippen molar-refractivity contribution in [2.45, 2.75) is 5.75 Å². The summed E-state index contributed by atoms with van der Waals surface area (Å²) in [7, 11) is -0.789. The van der Waals surface area contributed by atoms with Crippen LogP contribution in [-0.2, 0) is 16.6 Å². The standard InChI is InChI=1S/C6H8O2S/c1-9(7)5-6-3-2-4-8-6/h2-4H,5H2,1H3/t9-/m0/s1. The molecule has 0 aliphatic heterocycles. The van der Waals surface area contributed by atoms with E-state index in [1.165, 1.54) is 0 Å². The molecule has 0 aliphatic carbocycles. The van der Waals surface area contributed by atoms with Crippen LogP contribution in [0.3, 0.4) is 0 Å². The second-order valence-electron chi connectivity index (χ2n) is 1.80. The minimum absolute atomic E-state index is 0.521. The van der Waals surface area contributed by atoms with E-state index in [0.717, 1.165) is 5.76 Å². The lowest BCUT2D eigenvalue weighted by Gasteiger charge is -1.87. The van der Waals surface area contributed by atoms with Crippen LogP contribution in [0.4, 0.5) is 0 Å². The Hall–Kier alpha value is -0.570. The Balaban J connectivity index is 2.58. The minimum Gasteiger partial charge on any atom is -0.468 e. The summed E-state index contributed by atoms with van der Waals surface area (Å²) in [6.45, 7) is 0. The highest BCUT2D eigenvalue weighted by Gasteiger charge is 1.95. The quantitative estimate of drug-likeness (QED) is 0.623. The highest BCUT2D eigenvalue weighted by atomic mass is 32.2. The molecule has 1 aromatic rings. The van der Waals surface area contributed by atoms with Gasteiger partial charge < -0.3 is 4.42 Å². The van der Waals surface area contributed by atoms with Gasteiger partial charge in [-0.15, -0.1) is 0 Å². The van der Waals surface area contributed by atoms with Crippen LogP contribution in [0.1, 0.15) is 5.76 Å². The molecule has 1 aromatic heterocycles. The van der Waals surface area contributed by atoms with E-state index in [9.17, 15) is 4.21 Å². The minimum atomic E-state index is -0.789. The van der Waals surface area contributed by atoms with Crippen LogP contribution in [0.15, 0.2) is 22.8 Å². The second-order valence-corrected chi connectivity index (χ2v) is 3.23. The molecule has 0 spiro atoms. The maximum absolute atomic E-state index is 10.6. The SMILES string of the molecule is C[S@](=O)Cc1ccco1. The molecule has 0 aliphatic rings. The molecule has 0 bridgehead atoms. The van der Waals surface area contributed by atoms with Crippen molar-refractivity contribution in [3.05, 3.63) is 24.2 Å². The highest BCUT2D eigenvalue weighted by Crippen LogP contribution is 2.01. The van der Waals surface area contributed by atoms with Crippen LogP contribution in [-0.4, -0.2) is 10.5 Å². The lowest BCUT2D eigenvalue weighted by Crippen LogP contribution is -1.88. The first-order chi connectivity index (χ1) is 4.29. The summed E-state index contributed by atoms with van der Waals surface area (Å²) in [6.07, 6.45) is 3.24. The molecule has 0 aromatic carbocycles. The Labute approximate surface area is 56.3 Å². The van der Waals surface area contributed by atoms with Crippen molar-refractivity contribution in [2.75, 3.05) is 6.26 Å². The lowest BCUT2D eigenvalue weighted by atomic mass is 10.5. The third-order valence-electron chi connectivity index (χ3n) is 0.926. The zero-order chi connectivity index (χ0) is 6.69. The van der Waals surface area contributed by atoms with E-state index < -0.39 is 10.8 Å². The van der Waals surface area contributed by atoms with Crippen molar-refractivity contribution < 1.29 is 8.63 Å². The van der Waals surface area contributed by atoms with Gasteiger partial charge in [0, 0.05) is 17.1 Å². The fraction of sp³-hybridized carbons (Fsp3) is 0.333. The third kappa shape index (κ3) is 2.01. The molecule has 0 fully saturated rings. The van der Waals surface area contributed by atoms with E-state index in [2.05, 4.69) is 0 Å². The third-order valence-corrected chi connectivity index (χ3v) is 1.62. The summed E-state index contributed by atoms with van der Waals surface area (Å²) >= 11 is 0. The molecular formula is C6H8O2S. The molecule has 2 nitrogen and oxygen atoms in total. The Kier molecular flexibility index (Phi) is 2.05. The summed E-state index contributed by atoms with van der Waals surface area (Å²) in [5, 5.41) is 0. The maximum atomic E-state index is 10.6. The molecule has 0 saturated carbocycles. The molecule has 0 unspecified atom stereocenters. The Morgan fingerprint density at radius 3 is 3.00 bits per heavy atom. The molecule has 0 amide bonds. The van der Waals surface area contributed by atoms with Crippen molar-refractivity contribution in [3.8, 4) is 0 Å². The Morgan fingerprint density at radius 1 is 1.78 bits per heavy atom. The van der Waals surface area contributed by atoms with Gasteiger partial charge in [0.25, 0.3) is 0 Å². The van der Waals surface area contributed by atoms with E-state index in [1.54, 1.807) is 18.6 Å². The molecule has 9 heavy (non-hydrogen) atoms. The van der Waals surface area contributed by atoms with Gasteiger partial charge >= 0.3 is 0 Å². The smallest absolute Gasteiger partial charge is 0.116 e. The topological polar surface area (TPSA) is 30.2 Å². The van der Waals surface area contributed by atoms with E-state index in [4.69, 9.17) is 4.42 Å². The summed E-state index contributed by atoms with van der Waals surface area (Å²) in [5.41, 5.74) is 0. The highest BCUT2D eigenvalue weighted by molar-refractivity contribution is 7.83. The number of hydrogen-bond acceptors (Lipinski definition) is 2. The molecule has 1 atom stereocenters. The van der Waals surface area contributed by atoms with Crippen molar-refractivity contribution in [1.82, 2.24) is 0 Å². The Bertz CT molecular complexity index is 191. The number of rotatable bonds is 2. The van der Waals surface area contributed by atoms with Gasteiger partial charge in [-0.1, -0.05) is 0 Å². The average molecular weight is 144 g/mol. The molecule has 1 rings (SSSR count). The van der Waals surface area contributed by atoms with Crippen molar-refractivity contribution >= 4 is 10.8 Å². The lowest BCUT2D eigenvalue weighted by molar-refractivity contribution is 0.528. The maximum Gasteiger partial charge on any atom is 0.116 e. The van der Waals surface area contributed by atoms with Gasteiger partial charge in [-0.2, -0.15) is 0 Å². The first-order valence-electron chi connectivity index (χ1n) is 2.61. The predicted molar refractivity (Wildman–Crippen MR) is 36.5 cm³/mol. The van der Waals surface area contributed by atoms with E-state index in [1.807, 2.05) is 6.07 Å². The molecule has 0 radical (unpaired) electrons. The van der Waals surface area contributed by atoms with Gasteiger partial charge in [-0.05, 0) is 12.1 Å². The summed E-state index contributed by atoms with van der Waals surface area (Å²) in [6, 6.07) is 3.61.